The molecule has 0 saturated carbocycles. The molecule has 20 heavy (non-hydrogen) atoms. The molecule has 0 amide bonds. The van der Waals surface area contributed by atoms with Crippen LogP contribution in [-0.4, -0.2) is 59.9 Å². The van der Waals surface area contributed by atoms with Crippen molar-refractivity contribution in [1.82, 2.24) is 19.6 Å². The summed E-state index contributed by atoms with van der Waals surface area (Å²) in [5.74, 6) is 0. The molecular weight excluding hydrogens is 318 g/mol. The Hall–Kier alpha value is -0.430. The smallest absolute Gasteiger partial charge is 0.0694 e. The first kappa shape index (κ1) is 17.6. The molecule has 2 N–H and O–H groups in total. The van der Waals surface area contributed by atoms with Crippen LogP contribution in [0.3, 0.4) is 0 Å². The Morgan fingerprint density at radius 1 is 1.30 bits per heavy atom. The molecule has 5 nitrogen and oxygen atoms in total. The van der Waals surface area contributed by atoms with Crippen molar-refractivity contribution in [2.45, 2.75) is 32.9 Å². The summed E-state index contributed by atoms with van der Waals surface area (Å²) in [5.41, 5.74) is 7.48. The third-order valence-corrected chi connectivity index (χ3v) is 4.21. The molecule has 0 fully saturated rings. The van der Waals surface area contributed by atoms with Gasteiger partial charge in [0.2, 0.25) is 0 Å². The van der Waals surface area contributed by atoms with Crippen molar-refractivity contribution in [2.24, 2.45) is 5.73 Å². The summed E-state index contributed by atoms with van der Waals surface area (Å²) in [6, 6.07) is 0.0228. The summed E-state index contributed by atoms with van der Waals surface area (Å²) in [6.45, 7) is 9.38. The van der Waals surface area contributed by atoms with Gasteiger partial charge in [0.1, 0.15) is 0 Å². The van der Waals surface area contributed by atoms with Crippen molar-refractivity contribution >= 4 is 15.9 Å². The van der Waals surface area contributed by atoms with Gasteiger partial charge in [-0.1, -0.05) is 13.8 Å². The molecule has 0 saturated heterocycles. The van der Waals surface area contributed by atoms with Crippen LogP contribution in [0.4, 0.5) is 0 Å². The first-order chi connectivity index (χ1) is 9.49. The van der Waals surface area contributed by atoms with Gasteiger partial charge in [-0.25, -0.2) is 0 Å². The molecule has 1 heterocycles. The molecule has 0 radical (unpaired) electrons. The largest absolute Gasteiger partial charge is 0.323 e. The molecule has 0 aliphatic carbocycles. The third-order valence-electron chi connectivity index (χ3n) is 3.59. The predicted octanol–water partition coefficient (Wildman–Crippen LogP) is 1.94. The molecule has 0 spiro atoms. The Bertz CT molecular complexity index is 387. The van der Waals surface area contributed by atoms with Crippen LogP contribution in [0.1, 0.15) is 32.0 Å². The maximum atomic E-state index is 6.37. The van der Waals surface area contributed by atoms with E-state index in [0.717, 1.165) is 49.3 Å². The Kier molecular flexibility index (Phi) is 7.72. The minimum atomic E-state index is 0.0228. The summed E-state index contributed by atoms with van der Waals surface area (Å²) >= 11 is 3.58. The number of rotatable bonds is 9. The quantitative estimate of drug-likeness (QED) is 0.742. The Morgan fingerprint density at radius 3 is 2.50 bits per heavy atom. The highest BCUT2D eigenvalue weighted by Gasteiger charge is 2.17. The molecule has 1 aromatic rings. The first-order valence-electron chi connectivity index (χ1n) is 7.33. The van der Waals surface area contributed by atoms with Crippen molar-refractivity contribution < 1.29 is 0 Å². The minimum absolute atomic E-state index is 0.0228. The highest BCUT2D eigenvalue weighted by Crippen LogP contribution is 2.24. The molecule has 0 aliphatic heterocycles. The lowest BCUT2D eigenvalue weighted by Crippen LogP contribution is -2.28. The number of nitrogens with zero attached hydrogens (tertiary/aromatic N) is 4. The van der Waals surface area contributed by atoms with E-state index in [1.165, 1.54) is 0 Å². The number of hydrogen-bond donors (Lipinski definition) is 1. The van der Waals surface area contributed by atoms with E-state index in [1.807, 2.05) is 10.9 Å². The number of likely N-dealkylation sites (N-methyl/N-ethyl adjacent to an activating group) is 1. The Morgan fingerprint density at radius 2 is 1.95 bits per heavy atom. The molecule has 1 unspecified atom stereocenters. The maximum Gasteiger partial charge on any atom is 0.0694 e. The average Bonchev–Trinajstić information content (AvgIpc) is 2.78. The molecule has 1 atom stereocenters. The fourth-order valence-corrected chi connectivity index (χ4v) is 2.80. The fraction of sp³-hybridized carbons (Fsp3) is 0.786. The SMILES string of the molecule is CCN(CC)CCC(N)c1c(Br)cnn1CCN(C)C. The molecule has 1 rings (SSSR count). The molecule has 1 aromatic heterocycles. The second-order valence-corrected chi connectivity index (χ2v) is 6.18. The van der Waals surface area contributed by atoms with Crippen LogP contribution >= 0.6 is 15.9 Å². The lowest BCUT2D eigenvalue weighted by molar-refractivity contribution is 0.287. The van der Waals surface area contributed by atoms with Gasteiger partial charge in [-0.3, -0.25) is 4.68 Å². The Labute approximate surface area is 131 Å². The van der Waals surface area contributed by atoms with Crippen LogP contribution in [-0.2, 0) is 6.54 Å². The predicted molar refractivity (Wildman–Crippen MR) is 87.8 cm³/mol. The van der Waals surface area contributed by atoms with Crippen molar-refractivity contribution in [3.63, 3.8) is 0 Å². The third kappa shape index (κ3) is 5.16. The van der Waals surface area contributed by atoms with E-state index in [2.05, 4.69) is 58.8 Å². The van der Waals surface area contributed by atoms with E-state index in [0.29, 0.717) is 0 Å². The summed E-state index contributed by atoms with van der Waals surface area (Å²) in [5, 5.41) is 4.43. The van der Waals surface area contributed by atoms with E-state index in [9.17, 15) is 0 Å². The van der Waals surface area contributed by atoms with E-state index < -0.39 is 0 Å². The summed E-state index contributed by atoms with van der Waals surface area (Å²) in [6.07, 6.45) is 2.80. The zero-order valence-electron chi connectivity index (χ0n) is 13.1. The molecular formula is C14H28BrN5. The van der Waals surface area contributed by atoms with Gasteiger partial charge in [0, 0.05) is 12.6 Å². The zero-order valence-corrected chi connectivity index (χ0v) is 14.7. The average molecular weight is 346 g/mol. The van der Waals surface area contributed by atoms with Gasteiger partial charge >= 0.3 is 0 Å². The summed E-state index contributed by atoms with van der Waals surface area (Å²) in [7, 11) is 4.14. The minimum Gasteiger partial charge on any atom is -0.323 e. The number of halogens is 1. The second-order valence-electron chi connectivity index (χ2n) is 5.33. The summed E-state index contributed by atoms with van der Waals surface area (Å²) < 4.78 is 3.04. The van der Waals surface area contributed by atoms with E-state index in [4.69, 9.17) is 5.73 Å². The van der Waals surface area contributed by atoms with Crippen LogP contribution in [0.5, 0.6) is 0 Å². The van der Waals surface area contributed by atoms with Gasteiger partial charge in [0.05, 0.1) is 22.9 Å². The first-order valence-corrected chi connectivity index (χ1v) is 8.12. The van der Waals surface area contributed by atoms with Gasteiger partial charge < -0.3 is 15.5 Å². The van der Waals surface area contributed by atoms with E-state index in [1.54, 1.807) is 0 Å². The maximum absolute atomic E-state index is 6.37. The van der Waals surface area contributed by atoms with Crippen molar-refractivity contribution in [3.05, 3.63) is 16.4 Å². The lowest BCUT2D eigenvalue weighted by atomic mass is 10.1. The standard InChI is InChI=1S/C14H28BrN5/c1-5-19(6-2)8-7-13(16)14-12(15)11-17-20(14)10-9-18(3)4/h11,13H,5-10,16H2,1-4H3. The molecule has 0 aromatic carbocycles. The van der Waals surface area contributed by atoms with Crippen LogP contribution < -0.4 is 5.73 Å². The topological polar surface area (TPSA) is 50.3 Å². The number of nitrogens with two attached hydrogens (primary N) is 1. The van der Waals surface area contributed by atoms with Crippen LogP contribution in [0.15, 0.2) is 10.7 Å². The van der Waals surface area contributed by atoms with Gasteiger partial charge in [0.15, 0.2) is 0 Å². The van der Waals surface area contributed by atoms with E-state index >= 15 is 0 Å². The van der Waals surface area contributed by atoms with Gasteiger partial charge in [-0.05, 0) is 56.1 Å². The second kappa shape index (κ2) is 8.77. The van der Waals surface area contributed by atoms with Crippen molar-refractivity contribution in [1.29, 1.82) is 0 Å². The molecule has 6 heteroatoms. The van der Waals surface area contributed by atoms with Crippen LogP contribution in [0, 0.1) is 0 Å². The van der Waals surface area contributed by atoms with Crippen LogP contribution in [0.2, 0.25) is 0 Å². The fourth-order valence-electron chi connectivity index (χ4n) is 2.21. The highest BCUT2D eigenvalue weighted by molar-refractivity contribution is 9.10. The summed E-state index contributed by atoms with van der Waals surface area (Å²) in [4.78, 5) is 4.55. The number of aromatic nitrogens is 2. The van der Waals surface area contributed by atoms with E-state index in [-0.39, 0.29) is 6.04 Å². The molecule has 116 valence electrons. The molecule has 0 bridgehead atoms. The van der Waals surface area contributed by atoms with Gasteiger partial charge in [-0.15, -0.1) is 0 Å². The molecule has 0 aliphatic rings. The number of hydrogen-bond acceptors (Lipinski definition) is 4. The van der Waals surface area contributed by atoms with Crippen LogP contribution in [0.25, 0.3) is 0 Å². The highest BCUT2D eigenvalue weighted by atomic mass is 79.9. The monoisotopic (exact) mass is 345 g/mol. The van der Waals surface area contributed by atoms with Crippen molar-refractivity contribution in [2.75, 3.05) is 40.3 Å². The van der Waals surface area contributed by atoms with Crippen molar-refractivity contribution in [3.8, 4) is 0 Å². The Balaban J connectivity index is 2.66. The van der Waals surface area contributed by atoms with Gasteiger partial charge in [0.25, 0.3) is 0 Å². The lowest BCUT2D eigenvalue weighted by Gasteiger charge is -2.21. The zero-order chi connectivity index (χ0) is 15.1. The van der Waals surface area contributed by atoms with Gasteiger partial charge in [-0.2, -0.15) is 5.10 Å². The normalized spacial score (nSPS) is 13.4.